The van der Waals surface area contributed by atoms with E-state index in [-0.39, 0.29) is 0 Å². The van der Waals surface area contributed by atoms with Gasteiger partial charge in [-0.05, 0) is 25.0 Å². The fourth-order valence-electron chi connectivity index (χ4n) is 2.71. The zero-order chi connectivity index (χ0) is 13.8. The van der Waals surface area contributed by atoms with Gasteiger partial charge in [0.25, 0.3) is 0 Å². The second-order valence-corrected chi connectivity index (χ2v) is 5.16. The minimum absolute atomic E-state index is 0.493. The van der Waals surface area contributed by atoms with Crippen LogP contribution in [-0.2, 0) is 13.6 Å². The lowest BCUT2D eigenvalue weighted by Crippen LogP contribution is -2.38. The summed E-state index contributed by atoms with van der Waals surface area (Å²) in [5.74, 6) is 2.04. The van der Waals surface area contributed by atoms with E-state index in [1.807, 2.05) is 36.1 Å². The van der Waals surface area contributed by atoms with Gasteiger partial charge in [-0.2, -0.15) is 5.10 Å². The molecule has 1 fully saturated rings. The first-order chi connectivity index (χ1) is 9.84. The maximum absolute atomic E-state index is 4.32. The van der Waals surface area contributed by atoms with Gasteiger partial charge in [0.05, 0.1) is 6.54 Å². The van der Waals surface area contributed by atoms with Gasteiger partial charge in [0.15, 0.2) is 5.82 Å². The first-order valence-electron chi connectivity index (χ1n) is 7.06. The Labute approximate surface area is 118 Å². The minimum atomic E-state index is 0.493. The summed E-state index contributed by atoms with van der Waals surface area (Å²) in [4.78, 5) is 6.67. The normalized spacial score (nSPS) is 18.6. The number of nitrogens with zero attached hydrogens (tertiary/aromatic N) is 5. The third-order valence-corrected chi connectivity index (χ3v) is 3.81. The molecular formula is C14H20N6. The number of aryl methyl sites for hydroxylation is 1. The maximum Gasteiger partial charge on any atom is 0.151 e. The molecule has 20 heavy (non-hydrogen) atoms. The van der Waals surface area contributed by atoms with Crippen LogP contribution in [0, 0.1) is 0 Å². The summed E-state index contributed by atoms with van der Waals surface area (Å²) < 4.78 is 2.04. The van der Waals surface area contributed by atoms with Crippen LogP contribution in [0.15, 0.2) is 30.7 Å². The van der Waals surface area contributed by atoms with Crippen molar-refractivity contribution in [3.63, 3.8) is 0 Å². The van der Waals surface area contributed by atoms with Gasteiger partial charge in [0.2, 0.25) is 0 Å². The van der Waals surface area contributed by atoms with Crippen molar-refractivity contribution < 1.29 is 0 Å². The van der Waals surface area contributed by atoms with Crippen molar-refractivity contribution in [2.45, 2.75) is 25.4 Å². The number of anilines is 1. The Bertz CT molecular complexity index is 538. The lowest BCUT2D eigenvalue weighted by Gasteiger charge is -2.25. The third kappa shape index (κ3) is 2.80. The van der Waals surface area contributed by atoms with Gasteiger partial charge < -0.3 is 14.8 Å². The van der Waals surface area contributed by atoms with E-state index < -0.39 is 0 Å². The van der Waals surface area contributed by atoms with Crippen LogP contribution in [0.5, 0.6) is 0 Å². The summed E-state index contributed by atoms with van der Waals surface area (Å²) in [5, 5.41) is 11.7. The van der Waals surface area contributed by atoms with E-state index in [1.165, 1.54) is 12.8 Å². The third-order valence-electron chi connectivity index (χ3n) is 3.81. The number of rotatable bonds is 5. The highest BCUT2D eigenvalue weighted by Gasteiger charge is 2.25. The van der Waals surface area contributed by atoms with Crippen LogP contribution in [0.25, 0.3) is 0 Å². The predicted octanol–water partition coefficient (Wildman–Crippen LogP) is 0.969. The van der Waals surface area contributed by atoms with Crippen molar-refractivity contribution in [2.24, 2.45) is 7.05 Å². The van der Waals surface area contributed by atoms with Gasteiger partial charge in [0.1, 0.15) is 5.82 Å². The molecule has 0 spiro atoms. The quantitative estimate of drug-likeness (QED) is 0.879. The number of nitrogens with one attached hydrogen (secondary N) is 1. The van der Waals surface area contributed by atoms with Crippen molar-refractivity contribution in [2.75, 3.05) is 18.0 Å². The highest BCUT2D eigenvalue weighted by Crippen LogP contribution is 2.22. The number of aromatic nitrogens is 4. The number of hydrogen-bond donors (Lipinski definition) is 1. The lowest BCUT2D eigenvalue weighted by atomic mass is 10.2. The second-order valence-electron chi connectivity index (χ2n) is 5.16. The molecule has 0 amide bonds. The minimum Gasteiger partial charge on any atom is -0.351 e. The van der Waals surface area contributed by atoms with Crippen LogP contribution in [-0.4, -0.2) is 38.9 Å². The molecular weight excluding hydrogens is 252 g/mol. The highest BCUT2D eigenvalue weighted by molar-refractivity contribution is 5.39. The molecule has 1 aliphatic rings. The molecule has 2 aromatic rings. The van der Waals surface area contributed by atoms with Crippen molar-refractivity contribution in [3.8, 4) is 0 Å². The molecule has 1 aliphatic heterocycles. The van der Waals surface area contributed by atoms with E-state index in [0.29, 0.717) is 6.04 Å². The van der Waals surface area contributed by atoms with Crippen molar-refractivity contribution >= 4 is 5.82 Å². The van der Waals surface area contributed by atoms with Gasteiger partial charge in [-0.1, -0.05) is 0 Å². The van der Waals surface area contributed by atoms with E-state index in [2.05, 4.69) is 25.4 Å². The second kappa shape index (κ2) is 6.00. The molecule has 1 N–H and O–H groups in total. The SMILES string of the molecule is Cn1ccnc1CNC[C@H]1CCCN1c1cccnn1. The molecule has 2 aromatic heterocycles. The molecule has 0 bridgehead atoms. The molecule has 0 unspecified atom stereocenters. The predicted molar refractivity (Wildman–Crippen MR) is 77.3 cm³/mol. The Morgan fingerprint density at radius 2 is 2.35 bits per heavy atom. The molecule has 0 aromatic carbocycles. The van der Waals surface area contributed by atoms with Crippen LogP contribution in [0.3, 0.4) is 0 Å². The average Bonchev–Trinajstić information content (AvgIpc) is 3.10. The molecule has 0 aliphatic carbocycles. The highest BCUT2D eigenvalue weighted by atomic mass is 15.3. The van der Waals surface area contributed by atoms with Crippen LogP contribution in [0.1, 0.15) is 18.7 Å². The first-order valence-corrected chi connectivity index (χ1v) is 7.06. The van der Waals surface area contributed by atoms with E-state index in [4.69, 9.17) is 0 Å². The van der Waals surface area contributed by atoms with Crippen molar-refractivity contribution in [3.05, 3.63) is 36.5 Å². The fraction of sp³-hybridized carbons (Fsp3) is 0.500. The largest absolute Gasteiger partial charge is 0.351 e. The maximum atomic E-state index is 4.32. The summed E-state index contributed by atoms with van der Waals surface area (Å²) in [6, 6.07) is 4.47. The molecule has 1 atom stereocenters. The van der Waals surface area contributed by atoms with E-state index in [1.54, 1.807) is 6.20 Å². The Morgan fingerprint density at radius 1 is 1.40 bits per heavy atom. The van der Waals surface area contributed by atoms with Crippen LogP contribution in [0.4, 0.5) is 5.82 Å². The summed E-state index contributed by atoms with van der Waals surface area (Å²) in [5.41, 5.74) is 0. The summed E-state index contributed by atoms with van der Waals surface area (Å²) in [7, 11) is 2.02. The van der Waals surface area contributed by atoms with Gasteiger partial charge >= 0.3 is 0 Å². The van der Waals surface area contributed by atoms with Crippen molar-refractivity contribution in [1.29, 1.82) is 0 Å². The van der Waals surface area contributed by atoms with Crippen molar-refractivity contribution in [1.82, 2.24) is 25.1 Å². The fourth-order valence-corrected chi connectivity index (χ4v) is 2.71. The van der Waals surface area contributed by atoms with Crippen LogP contribution >= 0.6 is 0 Å². The molecule has 106 valence electrons. The molecule has 0 radical (unpaired) electrons. The van der Waals surface area contributed by atoms with E-state index in [0.717, 1.165) is 31.3 Å². The Kier molecular flexibility index (Phi) is 3.92. The first kappa shape index (κ1) is 13.1. The monoisotopic (exact) mass is 272 g/mol. The zero-order valence-electron chi connectivity index (χ0n) is 11.7. The molecule has 3 rings (SSSR count). The molecule has 6 nitrogen and oxygen atoms in total. The summed E-state index contributed by atoms with van der Waals surface area (Å²) in [6.45, 7) is 2.81. The van der Waals surface area contributed by atoms with Crippen LogP contribution < -0.4 is 10.2 Å². The zero-order valence-corrected chi connectivity index (χ0v) is 11.7. The van der Waals surface area contributed by atoms with E-state index >= 15 is 0 Å². The Morgan fingerprint density at radius 3 is 3.10 bits per heavy atom. The van der Waals surface area contributed by atoms with Crippen LogP contribution in [0.2, 0.25) is 0 Å². The molecule has 3 heterocycles. The van der Waals surface area contributed by atoms with Gasteiger partial charge in [-0.3, -0.25) is 0 Å². The Hall–Kier alpha value is -1.95. The number of imidazole rings is 1. The van der Waals surface area contributed by atoms with Gasteiger partial charge in [-0.25, -0.2) is 4.98 Å². The average molecular weight is 272 g/mol. The smallest absolute Gasteiger partial charge is 0.151 e. The summed E-state index contributed by atoms with van der Waals surface area (Å²) >= 11 is 0. The Balaban J connectivity index is 1.56. The summed E-state index contributed by atoms with van der Waals surface area (Å²) in [6.07, 6.45) is 7.93. The molecule has 6 heteroatoms. The molecule has 0 saturated carbocycles. The van der Waals surface area contributed by atoms with Gasteiger partial charge in [-0.15, -0.1) is 5.10 Å². The van der Waals surface area contributed by atoms with E-state index in [9.17, 15) is 0 Å². The number of hydrogen-bond acceptors (Lipinski definition) is 5. The lowest BCUT2D eigenvalue weighted by molar-refractivity contribution is 0.553. The standard InChI is InChI=1S/C14H20N6/c1-19-9-7-16-14(19)11-15-10-12-4-3-8-20(12)13-5-2-6-17-18-13/h2,5-7,9,12,15H,3-4,8,10-11H2,1H3/t12-/m1/s1. The van der Waals surface area contributed by atoms with Gasteiger partial charge in [0, 0.05) is 44.8 Å². The molecule has 1 saturated heterocycles. The topological polar surface area (TPSA) is 58.9 Å².